The predicted octanol–water partition coefficient (Wildman–Crippen LogP) is 8.11. The number of aromatic nitrogens is 1. The van der Waals surface area contributed by atoms with Crippen LogP contribution in [0.2, 0.25) is 18.1 Å². The van der Waals surface area contributed by atoms with Crippen LogP contribution in [0.1, 0.15) is 48.8 Å². The van der Waals surface area contributed by atoms with Crippen molar-refractivity contribution >= 4 is 14.3 Å². The lowest BCUT2D eigenvalue weighted by atomic mass is 9.96. The van der Waals surface area contributed by atoms with E-state index >= 15 is 0 Å². The molecule has 0 amide bonds. The minimum atomic E-state index is -2.08. The Morgan fingerprint density at radius 1 is 1.00 bits per heavy atom. The van der Waals surface area contributed by atoms with Gasteiger partial charge in [-0.15, -0.1) is 0 Å². The summed E-state index contributed by atoms with van der Waals surface area (Å²) in [7, 11) is -2.08. The second-order valence-corrected chi connectivity index (χ2v) is 18.4. The Balaban J connectivity index is 1.33. The molecule has 4 aromatic rings. The topological polar surface area (TPSA) is 81.1 Å². The number of aromatic carboxylic acids is 1. The van der Waals surface area contributed by atoms with Gasteiger partial charge in [0, 0.05) is 25.8 Å². The van der Waals surface area contributed by atoms with Crippen LogP contribution in [0.5, 0.6) is 11.5 Å². The highest BCUT2D eigenvalue weighted by atomic mass is 28.4. The number of benzene rings is 3. The van der Waals surface area contributed by atoms with Gasteiger partial charge in [-0.1, -0.05) is 75.4 Å². The van der Waals surface area contributed by atoms with E-state index in [1.54, 1.807) is 12.3 Å². The van der Waals surface area contributed by atoms with Crippen LogP contribution in [0.4, 0.5) is 0 Å². The normalized spacial score (nSPS) is 15.6. The van der Waals surface area contributed by atoms with Gasteiger partial charge in [-0.25, -0.2) is 9.78 Å². The highest BCUT2D eigenvalue weighted by Crippen LogP contribution is 2.38. The molecule has 0 radical (unpaired) electrons. The molecular formula is C38H46N2O5Si. The number of aryl methyl sites for hydroxylation is 1. The molecule has 1 aromatic heterocycles. The molecule has 46 heavy (non-hydrogen) atoms. The molecule has 2 atom stereocenters. The zero-order valence-electron chi connectivity index (χ0n) is 27.6. The Labute approximate surface area is 274 Å². The van der Waals surface area contributed by atoms with Crippen LogP contribution in [0, 0.1) is 0 Å². The molecule has 242 valence electrons. The van der Waals surface area contributed by atoms with Crippen molar-refractivity contribution in [2.75, 3.05) is 19.7 Å². The fourth-order valence-electron chi connectivity index (χ4n) is 5.52. The van der Waals surface area contributed by atoms with Gasteiger partial charge in [0.05, 0.1) is 6.10 Å². The summed E-state index contributed by atoms with van der Waals surface area (Å²) in [5.41, 5.74) is 4.20. The third-order valence-electron chi connectivity index (χ3n) is 9.02. The molecule has 0 saturated carbocycles. The number of rotatable bonds is 13. The zero-order chi connectivity index (χ0) is 32.7. The third-order valence-corrected chi connectivity index (χ3v) is 13.6. The highest BCUT2D eigenvalue weighted by Gasteiger charge is 2.40. The number of carbonyl (C=O) groups is 1. The Hall–Kier alpha value is -3.98. The van der Waals surface area contributed by atoms with Crippen LogP contribution in [0.3, 0.4) is 0 Å². The number of hydrogen-bond donors (Lipinski definition) is 1. The van der Waals surface area contributed by atoms with Crippen LogP contribution >= 0.6 is 0 Å². The summed E-state index contributed by atoms with van der Waals surface area (Å²) >= 11 is 0. The first-order chi connectivity index (χ1) is 22.0. The molecule has 7 nitrogen and oxygen atoms in total. The summed E-state index contributed by atoms with van der Waals surface area (Å²) in [5.74, 6) is 0.696. The minimum absolute atomic E-state index is 0.0187. The third kappa shape index (κ3) is 8.84. The first kappa shape index (κ1) is 33.4. The van der Waals surface area contributed by atoms with E-state index in [1.807, 2.05) is 48.5 Å². The number of hydrogen-bond acceptors (Lipinski definition) is 6. The van der Waals surface area contributed by atoms with Crippen molar-refractivity contribution < 1.29 is 23.8 Å². The molecule has 1 aliphatic rings. The first-order valence-corrected chi connectivity index (χ1v) is 19.0. The molecular weight excluding hydrogens is 593 g/mol. The van der Waals surface area contributed by atoms with Crippen molar-refractivity contribution in [3.8, 4) is 22.6 Å². The van der Waals surface area contributed by atoms with Crippen LogP contribution in [-0.2, 0) is 17.4 Å². The van der Waals surface area contributed by atoms with Crippen LogP contribution < -0.4 is 9.47 Å². The number of pyridine rings is 1. The smallest absolute Gasteiger partial charge is 0.354 e. The number of fused-ring (bicyclic) bond motifs is 1. The second-order valence-electron chi connectivity index (χ2n) is 13.6. The summed E-state index contributed by atoms with van der Waals surface area (Å²) in [6.07, 6.45) is 3.21. The highest BCUT2D eigenvalue weighted by molar-refractivity contribution is 6.74. The lowest BCUT2D eigenvalue weighted by Gasteiger charge is -2.41. The average molecular weight is 639 g/mol. The van der Waals surface area contributed by atoms with Gasteiger partial charge in [-0.3, -0.25) is 4.90 Å². The van der Waals surface area contributed by atoms with Gasteiger partial charge in [-0.05, 0) is 89.6 Å². The molecule has 5 rings (SSSR count). The van der Waals surface area contributed by atoms with E-state index in [-0.39, 0.29) is 22.9 Å². The second kappa shape index (κ2) is 14.6. The number of nitrogens with zero attached hydrogens (tertiary/aromatic N) is 2. The van der Waals surface area contributed by atoms with Crippen LogP contribution in [-0.4, -0.2) is 61.2 Å². The van der Waals surface area contributed by atoms with Gasteiger partial charge in [0.2, 0.25) is 0 Å². The zero-order valence-corrected chi connectivity index (χ0v) is 28.6. The van der Waals surface area contributed by atoms with Crippen molar-refractivity contribution in [2.45, 2.75) is 70.5 Å². The molecule has 3 aromatic carbocycles. The predicted molar refractivity (Wildman–Crippen MR) is 185 cm³/mol. The monoisotopic (exact) mass is 638 g/mol. The lowest BCUT2D eigenvalue weighted by molar-refractivity contribution is 0.0489. The summed E-state index contributed by atoms with van der Waals surface area (Å²) in [6.45, 7) is 14.1. The van der Waals surface area contributed by atoms with Crippen molar-refractivity contribution in [1.29, 1.82) is 0 Å². The maximum absolute atomic E-state index is 11.4. The van der Waals surface area contributed by atoms with E-state index < -0.39 is 14.3 Å². The molecule has 1 aliphatic heterocycles. The van der Waals surface area contributed by atoms with Crippen LogP contribution in [0.15, 0.2) is 97.2 Å². The molecule has 0 bridgehead atoms. The fraction of sp³-hybridized carbons (Fsp3) is 0.368. The van der Waals surface area contributed by atoms with E-state index in [0.29, 0.717) is 13.2 Å². The largest absolute Gasteiger partial charge is 0.491 e. The molecule has 2 unspecified atom stereocenters. The molecule has 1 N–H and O–H groups in total. The SMILES string of the molecule is CC(C)(C)[Si](C)(C)OC(COc1ccccc1)CN(Cc1ccccc1)CC1CCc2cc(-c3ccnc(C(=O)O)c3)ccc2O1. The molecule has 8 heteroatoms. The maximum atomic E-state index is 11.4. The van der Waals surface area contributed by atoms with E-state index in [2.05, 4.69) is 80.1 Å². The number of carboxylic acids is 1. The summed E-state index contributed by atoms with van der Waals surface area (Å²) in [4.78, 5) is 17.8. The van der Waals surface area contributed by atoms with E-state index in [9.17, 15) is 9.90 Å². The minimum Gasteiger partial charge on any atom is -0.491 e. The Bertz CT molecular complexity index is 1590. The Morgan fingerprint density at radius 2 is 1.70 bits per heavy atom. The van der Waals surface area contributed by atoms with Gasteiger partial charge in [0.1, 0.15) is 29.9 Å². The van der Waals surface area contributed by atoms with Gasteiger partial charge < -0.3 is 19.0 Å². The lowest BCUT2D eigenvalue weighted by Crippen LogP contribution is -2.50. The van der Waals surface area contributed by atoms with Gasteiger partial charge in [-0.2, -0.15) is 0 Å². The van der Waals surface area contributed by atoms with E-state index in [0.717, 1.165) is 54.1 Å². The first-order valence-electron chi connectivity index (χ1n) is 16.1. The summed E-state index contributed by atoms with van der Waals surface area (Å²) in [6, 6.07) is 30.1. The van der Waals surface area contributed by atoms with Crippen LogP contribution in [0.25, 0.3) is 11.1 Å². The Kier molecular flexibility index (Phi) is 10.6. The molecule has 2 heterocycles. The fourth-order valence-corrected chi connectivity index (χ4v) is 6.85. The van der Waals surface area contributed by atoms with Gasteiger partial charge in [0.25, 0.3) is 0 Å². The van der Waals surface area contributed by atoms with E-state index in [1.165, 1.54) is 5.56 Å². The molecule has 0 aliphatic carbocycles. The van der Waals surface area contributed by atoms with Gasteiger partial charge in [0.15, 0.2) is 8.32 Å². The van der Waals surface area contributed by atoms with Crippen molar-refractivity contribution in [2.24, 2.45) is 0 Å². The van der Waals surface area contributed by atoms with Crippen molar-refractivity contribution in [3.63, 3.8) is 0 Å². The molecule has 0 spiro atoms. The number of para-hydroxylation sites is 1. The quantitative estimate of drug-likeness (QED) is 0.148. The average Bonchev–Trinajstić information content (AvgIpc) is 3.03. The van der Waals surface area contributed by atoms with Crippen molar-refractivity contribution in [3.05, 3.63) is 114 Å². The summed E-state index contributed by atoms with van der Waals surface area (Å²) < 4.78 is 19.9. The van der Waals surface area contributed by atoms with Gasteiger partial charge >= 0.3 is 5.97 Å². The summed E-state index contributed by atoms with van der Waals surface area (Å²) in [5, 5.41) is 9.44. The van der Waals surface area contributed by atoms with E-state index in [4.69, 9.17) is 13.9 Å². The molecule has 0 saturated heterocycles. The molecule has 0 fully saturated rings. The van der Waals surface area contributed by atoms with Crippen molar-refractivity contribution in [1.82, 2.24) is 9.88 Å². The Morgan fingerprint density at radius 3 is 2.39 bits per heavy atom. The standard InChI is InChI=1S/C38H46N2O5Si/c1-38(2,3)46(4,5)45-34(27-43-32-14-10-7-11-15-32)26-40(24-28-12-8-6-9-13-28)25-33-18-16-31-22-29(17-19-36(31)44-33)30-20-21-39-35(23-30)37(41)42/h6-15,17,19-23,33-34H,16,18,24-27H2,1-5H3,(H,41,42). The maximum Gasteiger partial charge on any atom is 0.354 e. The number of carboxylic acid groups (broad SMARTS) is 1. The number of ether oxygens (including phenoxy) is 2.